The summed E-state index contributed by atoms with van der Waals surface area (Å²) in [6.45, 7) is 5.28. The number of rotatable bonds is 4. The summed E-state index contributed by atoms with van der Waals surface area (Å²) in [6.07, 6.45) is 0. The number of hydrogen-bond donors (Lipinski definition) is 3. The zero-order valence-corrected chi connectivity index (χ0v) is 13.6. The summed E-state index contributed by atoms with van der Waals surface area (Å²) in [6, 6.07) is 5.78. The SMILES string of the molecule is C=C(C)c1cc(C(=O)O)c(Nc2ccc(Cl)cc2Cl)c(F)c1N. The molecule has 0 aliphatic carbocycles. The lowest BCUT2D eigenvalue weighted by Gasteiger charge is -2.16. The van der Waals surface area contributed by atoms with Crippen LogP contribution in [0, 0.1) is 5.82 Å². The Labute approximate surface area is 142 Å². The lowest BCUT2D eigenvalue weighted by Crippen LogP contribution is -2.09. The van der Waals surface area contributed by atoms with E-state index in [1.165, 1.54) is 18.2 Å². The Kier molecular flexibility index (Phi) is 4.82. The number of halogens is 3. The second kappa shape index (κ2) is 6.48. The van der Waals surface area contributed by atoms with Crippen LogP contribution in [-0.2, 0) is 0 Å². The molecular weight excluding hydrogens is 342 g/mol. The molecule has 0 saturated heterocycles. The highest BCUT2D eigenvalue weighted by atomic mass is 35.5. The van der Waals surface area contributed by atoms with Crippen LogP contribution in [0.2, 0.25) is 10.0 Å². The Hall–Kier alpha value is -2.24. The lowest BCUT2D eigenvalue weighted by atomic mass is 10.0. The van der Waals surface area contributed by atoms with E-state index in [0.717, 1.165) is 0 Å². The second-order valence-electron chi connectivity index (χ2n) is 4.91. The van der Waals surface area contributed by atoms with Crippen LogP contribution in [0.5, 0.6) is 0 Å². The summed E-state index contributed by atoms with van der Waals surface area (Å²) in [5.41, 5.74) is 6.02. The van der Waals surface area contributed by atoms with Crippen molar-refractivity contribution in [3.63, 3.8) is 0 Å². The lowest BCUT2D eigenvalue weighted by molar-refractivity contribution is 0.0697. The molecule has 7 heteroatoms. The number of carboxylic acids is 1. The molecule has 4 N–H and O–H groups in total. The normalized spacial score (nSPS) is 10.4. The predicted molar refractivity (Wildman–Crippen MR) is 92.2 cm³/mol. The quantitative estimate of drug-likeness (QED) is 0.660. The maximum atomic E-state index is 14.6. The molecule has 2 rings (SSSR count). The van der Waals surface area contributed by atoms with Gasteiger partial charge in [0.15, 0.2) is 5.82 Å². The van der Waals surface area contributed by atoms with Crippen LogP contribution in [0.3, 0.4) is 0 Å². The van der Waals surface area contributed by atoms with Gasteiger partial charge in [0.25, 0.3) is 0 Å². The highest BCUT2D eigenvalue weighted by Crippen LogP contribution is 2.36. The molecule has 0 heterocycles. The van der Waals surface area contributed by atoms with Crippen molar-refractivity contribution in [1.29, 1.82) is 0 Å². The first kappa shape index (κ1) is 17.1. The van der Waals surface area contributed by atoms with E-state index in [-0.39, 0.29) is 27.5 Å². The molecule has 0 saturated carbocycles. The van der Waals surface area contributed by atoms with E-state index in [4.69, 9.17) is 28.9 Å². The molecular formula is C16H13Cl2FN2O2. The first-order chi connectivity index (χ1) is 10.7. The number of nitrogens with one attached hydrogen (secondary N) is 1. The van der Waals surface area contributed by atoms with Crippen LogP contribution in [0.1, 0.15) is 22.8 Å². The smallest absolute Gasteiger partial charge is 0.337 e. The maximum absolute atomic E-state index is 14.6. The van der Waals surface area contributed by atoms with Crippen molar-refractivity contribution in [2.24, 2.45) is 0 Å². The van der Waals surface area contributed by atoms with Crippen LogP contribution in [0.4, 0.5) is 21.5 Å². The van der Waals surface area contributed by atoms with Crippen molar-refractivity contribution in [2.45, 2.75) is 6.92 Å². The third-order valence-electron chi connectivity index (χ3n) is 3.19. The number of carboxylic acid groups (broad SMARTS) is 1. The van der Waals surface area contributed by atoms with Gasteiger partial charge in [-0.3, -0.25) is 0 Å². The number of nitrogen functional groups attached to an aromatic ring is 1. The summed E-state index contributed by atoms with van der Waals surface area (Å²) in [5.74, 6) is -2.19. The average molecular weight is 355 g/mol. The summed E-state index contributed by atoms with van der Waals surface area (Å²) in [7, 11) is 0. The van der Waals surface area contributed by atoms with Crippen molar-refractivity contribution < 1.29 is 14.3 Å². The minimum Gasteiger partial charge on any atom is -0.478 e. The van der Waals surface area contributed by atoms with Gasteiger partial charge in [0.1, 0.15) is 0 Å². The third kappa shape index (κ3) is 3.41. The molecule has 0 amide bonds. The summed E-state index contributed by atoms with van der Waals surface area (Å²) in [5, 5.41) is 12.6. The molecule has 2 aromatic rings. The minimum atomic E-state index is -1.31. The van der Waals surface area contributed by atoms with Crippen LogP contribution in [0.25, 0.3) is 5.57 Å². The van der Waals surface area contributed by atoms with Crippen LogP contribution in [0.15, 0.2) is 30.8 Å². The van der Waals surface area contributed by atoms with Gasteiger partial charge in [-0.25, -0.2) is 9.18 Å². The highest BCUT2D eigenvalue weighted by Gasteiger charge is 2.21. The molecule has 0 aliphatic rings. The number of nitrogens with two attached hydrogens (primary N) is 1. The Morgan fingerprint density at radius 1 is 1.30 bits per heavy atom. The van der Waals surface area contributed by atoms with E-state index in [1.54, 1.807) is 13.0 Å². The Morgan fingerprint density at radius 2 is 1.96 bits per heavy atom. The zero-order chi connectivity index (χ0) is 17.3. The fraction of sp³-hybridized carbons (Fsp3) is 0.0625. The molecule has 0 unspecified atom stereocenters. The topological polar surface area (TPSA) is 75.3 Å². The Balaban J connectivity index is 2.63. The Bertz CT molecular complexity index is 822. The van der Waals surface area contributed by atoms with Crippen LogP contribution < -0.4 is 11.1 Å². The van der Waals surface area contributed by atoms with Crippen LogP contribution >= 0.6 is 23.2 Å². The van der Waals surface area contributed by atoms with Gasteiger partial charge < -0.3 is 16.2 Å². The second-order valence-corrected chi connectivity index (χ2v) is 5.75. The van der Waals surface area contributed by atoms with Crippen molar-refractivity contribution in [3.05, 3.63) is 57.8 Å². The summed E-state index contributed by atoms with van der Waals surface area (Å²) >= 11 is 11.8. The molecule has 0 radical (unpaired) electrons. The van der Waals surface area contributed by atoms with E-state index in [1.807, 2.05) is 0 Å². The van der Waals surface area contributed by atoms with Crippen molar-refractivity contribution in [1.82, 2.24) is 0 Å². The Morgan fingerprint density at radius 3 is 2.48 bits per heavy atom. The van der Waals surface area contributed by atoms with Gasteiger partial charge in [-0.05, 0) is 36.8 Å². The molecule has 0 fully saturated rings. The van der Waals surface area contributed by atoms with Gasteiger partial charge in [-0.2, -0.15) is 0 Å². The number of benzene rings is 2. The van der Waals surface area contributed by atoms with E-state index in [0.29, 0.717) is 16.3 Å². The molecule has 2 aromatic carbocycles. The number of allylic oxidation sites excluding steroid dienone is 1. The third-order valence-corrected chi connectivity index (χ3v) is 3.73. The van der Waals surface area contributed by atoms with Crippen molar-refractivity contribution in [2.75, 3.05) is 11.1 Å². The number of hydrogen-bond acceptors (Lipinski definition) is 3. The van der Waals surface area contributed by atoms with Gasteiger partial charge in [0.2, 0.25) is 0 Å². The van der Waals surface area contributed by atoms with E-state index in [2.05, 4.69) is 11.9 Å². The van der Waals surface area contributed by atoms with Gasteiger partial charge in [-0.1, -0.05) is 29.8 Å². The molecule has 0 aromatic heterocycles. The molecule has 0 spiro atoms. The van der Waals surface area contributed by atoms with Gasteiger partial charge >= 0.3 is 5.97 Å². The monoisotopic (exact) mass is 354 g/mol. The van der Waals surface area contributed by atoms with E-state index >= 15 is 0 Å². The van der Waals surface area contributed by atoms with Crippen molar-refractivity contribution >= 4 is 51.8 Å². The summed E-state index contributed by atoms with van der Waals surface area (Å²) < 4.78 is 14.6. The number of aromatic carboxylic acids is 1. The largest absolute Gasteiger partial charge is 0.478 e. The van der Waals surface area contributed by atoms with Crippen LogP contribution in [-0.4, -0.2) is 11.1 Å². The average Bonchev–Trinajstić information content (AvgIpc) is 2.45. The first-order valence-corrected chi connectivity index (χ1v) is 7.21. The fourth-order valence-electron chi connectivity index (χ4n) is 2.03. The molecule has 0 aliphatic heterocycles. The fourth-order valence-corrected chi connectivity index (χ4v) is 2.49. The zero-order valence-electron chi connectivity index (χ0n) is 12.1. The molecule has 4 nitrogen and oxygen atoms in total. The van der Waals surface area contributed by atoms with E-state index < -0.39 is 11.8 Å². The molecule has 0 atom stereocenters. The highest BCUT2D eigenvalue weighted by molar-refractivity contribution is 6.36. The maximum Gasteiger partial charge on any atom is 0.337 e. The molecule has 0 bridgehead atoms. The first-order valence-electron chi connectivity index (χ1n) is 6.45. The van der Waals surface area contributed by atoms with Gasteiger partial charge in [0, 0.05) is 10.6 Å². The predicted octanol–water partition coefficient (Wildman–Crippen LogP) is 5.19. The number of anilines is 3. The summed E-state index contributed by atoms with van der Waals surface area (Å²) in [4.78, 5) is 11.5. The number of carbonyl (C=O) groups is 1. The standard InChI is InChI=1S/C16H13Cl2FN2O2/c1-7(2)9-6-10(16(22)23)15(13(19)14(9)20)21-12-4-3-8(17)5-11(12)18/h3-6,21H,1,20H2,2H3,(H,22,23). The van der Waals surface area contributed by atoms with Gasteiger partial charge in [0.05, 0.1) is 27.6 Å². The van der Waals surface area contributed by atoms with Gasteiger partial charge in [-0.15, -0.1) is 0 Å². The minimum absolute atomic E-state index is 0.185. The van der Waals surface area contributed by atoms with E-state index in [9.17, 15) is 14.3 Å². The molecule has 120 valence electrons. The van der Waals surface area contributed by atoms with Crippen molar-refractivity contribution in [3.8, 4) is 0 Å². The molecule has 23 heavy (non-hydrogen) atoms.